The van der Waals surface area contributed by atoms with Gasteiger partial charge in [0, 0.05) is 37.0 Å². The molecule has 3 aromatic carbocycles. The number of nitrogens with zero attached hydrogens (tertiary/aromatic N) is 1. The van der Waals surface area contributed by atoms with Gasteiger partial charge in [0.2, 0.25) is 0 Å². The van der Waals surface area contributed by atoms with Crippen molar-refractivity contribution in [2.24, 2.45) is 4.99 Å². The predicted molar refractivity (Wildman–Crippen MR) is 134 cm³/mol. The van der Waals surface area contributed by atoms with Gasteiger partial charge in [-0.1, -0.05) is 84.4 Å². The monoisotopic (exact) mass is 437 g/mol. The Balaban J connectivity index is 1.60. The zero-order chi connectivity index (χ0) is 21.0. The highest BCUT2D eigenvalue weighted by atomic mass is 35.5. The number of benzene rings is 3. The molecule has 1 aliphatic heterocycles. The van der Waals surface area contributed by atoms with E-state index in [1.54, 1.807) is 0 Å². The number of aliphatic imine (C=N–C) groups is 1. The van der Waals surface area contributed by atoms with Gasteiger partial charge in [0.1, 0.15) is 0 Å². The fourth-order valence-corrected chi connectivity index (χ4v) is 6.30. The molecule has 0 amide bonds. The van der Waals surface area contributed by atoms with E-state index in [0.717, 1.165) is 16.3 Å². The topological polar surface area (TPSA) is 12.4 Å². The van der Waals surface area contributed by atoms with Crippen LogP contribution >= 0.6 is 22.9 Å². The molecule has 0 N–H and O–H groups in total. The van der Waals surface area contributed by atoms with Crippen molar-refractivity contribution < 1.29 is 0 Å². The molecule has 150 valence electrons. The Kier molecular flexibility index (Phi) is 4.27. The lowest BCUT2D eigenvalue weighted by molar-refractivity contribution is 0.523. The van der Waals surface area contributed by atoms with Crippen molar-refractivity contribution in [2.75, 3.05) is 0 Å². The average Bonchev–Trinajstić information content (AvgIpc) is 3.18. The van der Waals surface area contributed by atoms with E-state index < -0.39 is 0 Å². The van der Waals surface area contributed by atoms with Crippen LogP contribution in [0.15, 0.2) is 102 Å². The highest BCUT2D eigenvalue weighted by Gasteiger charge is 2.41. The Morgan fingerprint density at radius 2 is 1.61 bits per heavy atom. The normalized spacial score (nSPS) is 21.9. The van der Waals surface area contributed by atoms with E-state index in [0.29, 0.717) is 0 Å². The molecule has 0 spiro atoms. The maximum absolute atomic E-state index is 6.19. The summed E-state index contributed by atoms with van der Waals surface area (Å²) in [4.78, 5) is 6.82. The van der Waals surface area contributed by atoms with Crippen molar-refractivity contribution in [1.82, 2.24) is 0 Å². The Labute approximate surface area is 191 Å². The molecule has 2 atom stereocenters. The highest BCUT2D eigenvalue weighted by Crippen LogP contribution is 2.50. The van der Waals surface area contributed by atoms with Crippen molar-refractivity contribution in [3.63, 3.8) is 0 Å². The van der Waals surface area contributed by atoms with Crippen molar-refractivity contribution in [2.45, 2.75) is 18.4 Å². The van der Waals surface area contributed by atoms with Gasteiger partial charge in [0.15, 0.2) is 0 Å². The lowest BCUT2D eigenvalue weighted by Crippen LogP contribution is -2.35. The van der Waals surface area contributed by atoms with Gasteiger partial charge in [-0.25, -0.2) is 0 Å². The van der Waals surface area contributed by atoms with Crippen LogP contribution in [-0.4, -0.2) is 11.3 Å². The summed E-state index contributed by atoms with van der Waals surface area (Å²) in [5.74, 6) is 0.225. The lowest BCUT2D eigenvalue weighted by atomic mass is 9.74. The summed E-state index contributed by atoms with van der Waals surface area (Å²) < 4.78 is 1.31. The average molecular weight is 438 g/mol. The molecule has 6 rings (SSSR count). The third kappa shape index (κ3) is 3.02. The number of allylic oxidation sites excluding steroid dienone is 2. The van der Waals surface area contributed by atoms with Crippen molar-refractivity contribution in [3.05, 3.63) is 124 Å². The first-order valence-corrected chi connectivity index (χ1v) is 11.7. The first kappa shape index (κ1) is 18.8. The Morgan fingerprint density at radius 3 is 2.42 bits per heavy atom. The summed E-state index contributed by atoms with van der Waals surface area (Å²) in [5.41, 5.74) is 5.54. The fraction of sp³-hybridized carbons (Fsp3) is 0.107. The first-order chi connectivity index (χ1) is 15.1. The predicted octanol–water partition coefficient (Wildman–Crippen LogP) is 7.90. The number of fused-ring (bicyclic) bond motifs is 5. The van der Waals surface area contributed by atoms with E-state index in [1.165, 1.54) is 31.7 Å². The second-order valence-electron chi connectivity index (χ2n) is 8.33. The van der Waals surface area contributed by atoms with Gasteiger partial charge in [-0.15, -0.1) is 11.3 Å². The van der Waals surface area contributed by atoms with Crippen LogP contribution in [0.5, 0.6) is 0 Å². The molecule has 0 saturated carbocycles. The SMILES string of the molecule is CC12C=C(c3ccccc3)C=CC1c1sc3ccccc3c1C(c1ccc(Cl)cc1)=N2. The van der Waals surface area contributed by atoms with Crippen LogP contribution in [0.1, 0.15) is 34.4 Å². The van der Waals surface area contributed by atoms with Gasteiger partial charge in [0.25, 0.3) is 0 Å². The molecule has 0 saturated heterocycles. The first-order valence-electron chi connectivity index (χ1n) is 10.5. The van der Waals surface area contributed by atoms with Crippen molar-refractivity contribution in [1.29, 1.82) is 0 Å². The quantitative estimate of drug-likeness (QED) is 0.302. The molecule has 4 aromatic rings. The Morgan fingerprint density at radius 1 is 0.871 bits per heavy atom. The number of hydrogen-bond donors (Lipinski definition) is 0. The Hall–Kier alpha value is -2.94. The molecular weight excluding hydrogens is 418 g/mol. The summed E-state index contributed by atoms with van der Waals surface area (Å²) in [7, 11) is 0. The maximum atomic E-state index is 6.19. The standard InChI is InChI=1S/C28H20ClNS/c1-28-17-20(18-7-3-2-4-8-18)13-16-23(28)27-25(22-9-5-6-10-24(22)31-27)26(30-28)19-11-14-21(29)15-12-19/h2-17,23H,1H3. The number of thiophene rings is 1. The summed E-state index contributed by atoms with van der Waals surface area (Å²) in [6.45, 7) is 2.26. The number of halogens is 1. The minimum absolute atomic E-state index is 0.225. The molecular formula is C28H20ClNS. The Bertz CT molecular complexity index is 1390. The smallest absolute Gasteiger partial charge is 0.0887 e. The fourth-order valence-electron chi connectivity index (χ4n) is 4.75. The van der Waals surface area contributed by atoms with E-state index in [9.17, 15) is 0 Å². The number of rotatable bonds is 2. The molecule has 1 aromatic heterocycles. The van der Waals surface area contributed by atoms with Crippen LogP contribution in [-0.2, 0) is 0 Å². The van der Waals surface area contributed by atoms with Gasteiger partial charge in [-0.2, -0.15) is 0 Å². The van der Waals surface area contributed by atoms with E-state index >= 15 is 0 Å². The van der Waals surface area contributed by atoms with Crippen LogP contribution in [0, 0.1) is 0 Å². The van der Waals surface area contributed by atoms with Crippen LogP contribution < -0.4 is 0 Å². The molecule has 2 aliphatic rings. The van der Waals surface area contributed by atoms with E-state index in [2.05, 4.69) is 91.9 Å². The summed E-state index contributed by atoms with van der Waals surface area (Å²) in [5, 5.41) is 2.02. The summed E-state index contributed by atoms with van der Waals surface area (Å²) >= 11 is 8.09. The molecule has 0 fully saturated rings. The molecule has 31 heavy (non-hydrogen) atoms. The van der Waals surface area contributed by atoms with E-state index in [4.69, 9.17) is 16.6 Å². The van der Waals surface area contributed by atoms with Crippen LogP contribution in [0.25, 0.3) is 15.7 Å². The van der Waals surface area contributed by atoms with Gasteiger partial charge < -0.3 is 0 Å². The molecule has 2 unspecified atom stereocenters. The zero-order valence-corrected chi connectivity index (χ0v) is 18.6. The van der Waals surface area contributed by atoms with Crippen molar-refractivity contribution >= 4 is 44.3 Å². The third-order valence-electron chi connectivity index (χ3n) is 6.27. The van der Waals surface area contributed by atoms with E-state index in [-0.39, 0.29) is 11.5 Å². The zero-order valence-electron chi connectivity index (χ0n) is 17.0. The molecule has 2 heterocycles. The third-order valence-corrected chi connectivity index (χ3v) is 7.77. The van der Waals surface area contributed by atoms with Crippen molar-refractivity contribution in [3.8, 4) is 0 Å². The van der Waals surface area contributed by atoms with Crippen LogP contribution in [0.4, 0.5) is 0 Å². The summed E-state index contributed by atoms with van der Waals surface area (Å²) in [6.07, 6.45) is 6.95. The van der Waals surface area contributed by atoms with Gasteiger partial charge >= 0.3 is 0 Å². The van der Waals surface area contributed by atoms with Gasteiger partial charge in [-0.3, -0.25) is 4.99 Å². The lowest BCUT2D eigenvalue weighted by Gasteiger charge is -2.38. The highest BCUT2D eigenvalue weighted by molar-refractivity contribution is 7.19. The summed E-state index contributed by atoms with van der Waals surface area (Å²) in [6, 6.07) is 27.3. The van der Waals surface area contributed by atoms with E-state index in [1.807, 2.05) is 23.5 Å². The molecule has 1 aliphatic carbocycles. The second-order valence-corrected chi connectivity index (χ2v) is 9.85. The largest absolute Gasteiger partial charge is 0.273 e. The minimum atomic E-state index is -0.344. The second kappa shape index (κ2) is 7.05. The van der Waals surface area contributed by atoms with Crippen LogP contribution in [0.2, 0.25) is 5.02 Å². The number of hydrogen-bond acceptors (Lipinski definition) is 2. The molecule has 1 nitrogen and oxygen atoms in total. The molecule has 0 radical (unpaired) electrons. The maximum Gasteiger partial charge on any atom is 0.0887 e. The van der Waals surface area contributed by atoms with Gasteiger partial charge in [-0.05, 0) is 42.3 Å². The van der Waals surface area contributed by atoms with Gasteiger partial charge in [0.05, 0.1) is 11.3 Å². The molecule has 3 heteroatoms. The van der Waals surface area contributed by atoms with Crippen LogP contribution in [0.3, 0.4) is 0 Å². The minimum Gasteiger partial charge on any atom is -0.273 e. The molecule has 0 bridgehead atoms.